The van der Waals surface area contributed by atoms with Crippen LogP contribution in [0.2, 0.25) is 0 Å². The second-order valence-corrected chi connectivity index (χ2v) is 15.9. The van der Waals surface area contributed by atoms with Crippen molar-refractivity contribution in [1.29, 1.82) is 0 Å². The van der Waals surface area contributed by atoms with Crippen LogP contribution in [0, 0.1) is 0 Å². The van der Waals surface area contributed by atoms with Gasteiger partial charge >= 0.3 is 0 Å². The Morgan fingerprint density at radius 1 is 0.623 bits per heavy atom. The smallest absolute Gasteiger partial charge is 0.247 e. The van der Waals surface area contributed by atoms with Crippen molar-refractivity contribution in [1.82, 2.24) is 24.6 Å². The van der Waals surface area contributed by atoms with Crippen molar-refractivity contribution in [2.24, 2.45) is 0 Å². The molecule has 0 radical (unpaired) electrons. The highest BCUT2D eigenvalue weighted by Gasteiger charge is 2.44. The quantitative estimate of drug-likeness (QED) is 0.142. The summed E-state index contributed by atoms with van der Waals surface area (Å²) in [6, 6.07) is 31.0. The van der Waals surface area contributed by atoms with Gasteiger partial charge in [-0.05, 0) is 87.8 Å². The Morgan fingerprint density at radius 2 is 1.03 bits per heavy atom. The highest BCUT2D eigenvalue weighted by molar-refractivity contribution is 5.99. The van der Waals surface area contributed by atoms with Crippen molar-refractivity contribution >= 4 is 35.0 Å². The molecule has 0 unspecified atom stereocenters. The number of carbonyl (C=O) groups excluding carboxylic acids is 4. The molecule has 4 amide bonds. The summed E-state index contributed by atoms with van der Waals surface area (Å²) in [5, 5.41) is 5.98. The van der Waals surface area contributed by atoms with Gasteiger partial charge in [0.1, 0.15) is 24.2 Å². The third kappa shape index (κ3) is 9.58. The predicted molar refractivity (Wildman–Crippen MR) is 232 cm³/mol. The van der Waals surface area contributed by atoms with E-state index in [1.54, 1.807) is 54.5 Å². The summed E-state index contributed by atoms with van der Waals surface area (Å²) in [6.45, 7) is 0.635. The van der Waals surface area contributed by atoms with Gasteiger partial charge in [0, 0.05) is 62.7 Å². The SMILES string of the molecule is CO[C@H]1C[C@@H](C(=O)Nc2ccc(-c3cnc(-c4ccc(NC(=O)[C@@H]5C[C@H](OC)CN5C(=O)[C@@H](c5ccccc5)N(C)C)cc4)o3)cc2)N(C(=O)[C@@H](c2ccccc2)N(C)C)C1. The largest absolute Gasteiger partial charge is 0.436 e. The van der Waals surface area contributed by atoms with Gasteiger partial charge in [0.05, 0.1) is 18.4 Å². The highest BCUT2D eigenvalue weighted by atomic mass is 16.5. The first-order valence-corrected chi connectivity index (χ1v) is 20.3. The fourth-order valence-electron chi connectivity index (χ4n) is 8.23. The summed E-state index contributed by atoms with van der Waals surface area (Å²) in [5.41, 5.74) is 4.30. The minimum atomic E-state index is -0.706. The first-order chi connectivity index (χ1) is 29.4. The highest BCUT2D eigenvalue weighted by Crippen LogP contribution is 2.32. The molecule has 0 saturated carbocycles. The Kier molecular flexibility index (Phi) is 13.4. The van der Waals surface area contributed by atoms with Crippen LogP contribution in [-0.4, -0.2) is 128 Å². The van der Waals surface area contributed by atoms with E-state index in [0.717, 1.165) is 16.7 Å². The molecule has 3 heterocycles. The molecule has 7 rings (SSSR count). The Morgan fingerprint density at radius 3 is 1.43 bits per heavy atom. The van der Waals surface area contributed by atoms with Crippen LogP contribution in [0.4, 0.5) is 11.4 Å². The van der Waals surface area contributed by atoms with E-state index in [1.807, 2.05) is 123 Å². The van der Waals surface area contributed by atoms with E-state index < -0.39 is 24.2 Å². The molecule has 6 atom stereocenters. The molecule has 14 nitrogen and oxygen atoms in total. The summed E-state index contributed by atoms with van der Waals surface area (Å²) in [7, 11) is 10.6. The molecule has 0 spiro atoms. The fraction of sp³-hybridized carbons (Fsp3) is 0.340. The number of aromatic nitrogens is 1. The second-order valence-electron chi connectivity index (χ2n) is 15.9. The average molecular weight is 828 g/mol. The minimum absolute atomic E-state index is 0.158. The normalized spacial score (nSPS) is 19.9. The molecule has 2 aliphatic heterocycles. The zero-order valence-electron chi connectivity index (χ0n) is 35.4. The van der Waals surface area contributed by atoms with Crippen LogP contribution in [-0.2, 0) is 28.7 Å². The predicted octanol–water partition coefficient (Wildman–Crippen LogP) is 5.72. The lowest BCUT2D eigenvalue weighted by Gasteiger charge is -2.31. The maximum absolute atomic E-state index is 14.0. The molecule has 2 aliphatic rings. The zero-order chi connectivity index (χ0) is 43.2. The average Bonchev–Trinajstić information content (AvgIpc) is 4.04. The molecule has 4 aromatic carbocycles. The van der Waals surface area contributed by atoms with E-state index in [0.29, 0.717) is 54.5 Å². The van der Waals surface area contributed by atoms with E-state index in [9.17, 15) is 19.2 Å². The number of ether oxygens (including phenoxy) is 2. The monoisotopic (exact) mass is 827 g/mol. The molecule has 0 bridgehead atoms. The second kappa shape index (κ2) is 19.0. The van der Waals surface area contributed by atoms with Crippen LogP contribution >= 0.6 is 0 Å². The van der Waals surface area contributed by atoms with Gasteiger partial charge in [-0.15, -0.1) is 0 Å². The van der Waals surface area contributed by atoms with Crippen LogP contribution in [0.3, 0.4) is 0 Å². The third-order valence-corrected chi connectivity index (χ3v) is 11.4. The summed E-state index contributed by atoms with van der Waals surface area (Å²) >= 11 is 0. The number of rotatable bonds is 14. The van der Waals surface area contributed by atoms with Crippen molar-refractivity contribution in [3.8, 4) is 22.8 Å². The lowest BCUT2D eigenvalue weighted by molar-refractivity contribution is -0.141. The van der Waals surface area contributed by atoms with Gasteiger partial charge in [-0.1, -0.05) is 60.7 Å². The Bertz CT molecular complexity index is 2120. The molecule has 5 aromatic rings. The first-order valence-electron chi connectivity index (χ1n) is 20.3. The molecule has 61 heavy (non-hydrogen) atoms. The van der Waals surface area contributed by atoms with Gasteiger partial charge in [-0.25, -0.2) is 4.98 Å². The third-order valence-electron chi connectivity index (χ3n) is 11.4. The number of carbonyl (C=O) groups is 4. The molecule has 14 heteroatoms. The van der Waals surface area contributed by atoms with Crippen molar-refractivity contribution in [2.75, 3.05) is 66.1 Å². The van der Waals surface area contributed by atoms with Crippen molar-refractivity contribution < 1.29 is 33.1 Å². The maximum atomic E-state index is 14.0. The molecule has 2 N–H and O–H groups in total. The molecule has 0 aliphatic carbocycles. The lowest BCUT2D eigenvalue weighted by Crippen LogP contribution is -2.47. The van der Waals surface area contributed by atoms with Crippen LogP contribution in [0.5, 0.6) is 0 Å². The minimum Gasteiger partial charge on any atom is -0.436 e. The summed E-state index contributed by atoms with van der Waals surface area (Å²) in [6.07, 6.45) is 1.88. The Hall–Kier alpha value is -6.19. The number of nitrogens with one attached hydrogen (secondary N) is 2. The van der Waals surface area contributed by atoms with Crippen molar-refractivity contribution in [2.45, 2.75) is 49.2 Å². The number of nitrogens with zero attached hydrogens (tertiary/aromatic N) is 5. The number of amides is 4. The molecule has 1 aromatic heterocycles. The maximum Gasteiger partial charge on any atom is 0.247 e. The molecular weight excluding hydrogens is 775 g/mol. The summed E-state index contributed by atoms with van der Waals surface area (Å²) in [5.74, 6) is 0.0191. The first kappa shape index (κ1) is 42.9. The van der Waals surface area contributed by atoms with Crippen LogP contribution in [0.25, 0.3) is 22.8 Å². The van der Waals surface area contributed by atoms with Crippen LogP contribution in [0.1, 0.15) is 36.1 Å². The molecule has 318 valence electrons. The summed E-state index contributed by atoms with van der Waals surface area (Å²) < 4.78 is 17.4. The Labute approximate surface area is 356 Å². The van der Waals surface area contributed by atoms with Gasteiger partial charge in [0.25, 0.3) is 0 Å². The van der Waals surface area contributed by atoms with E-state index in [2.05, 4.69) is 15.6 Å². The van der Waals surface area contributed by atoms with E-state index in [4.69, 9.17) is 13.9 Å². The van der Waals surface area contributed by atoms with Gasteiger partial charge in [0.15, 0.2) is 5.76 Å². The molecular formula is C47H53N7O7. The van der Waals surface area contributed by atoms with Gasteiger partial charge in [-0.2, -0.15) is 0 Å². The molecule has 2 fully saturated rings. The lowest BCUT2D eigenvalue weighted by atomic mass is 10.0. The van der Waals surface area contributed by atoms with Gasteiger partial charge in [0.2, 0.25) is 29.5 Å². The number of anilines is 2. The van der Waals surface area contributed by atoms with Crippen LogP contribution in [0.15, 0.2) is 120 Å². The van der Waals surface area contributed by atoms with E-state index in [1.165, 1.54) is 0 Å². The number of benzene rings is 4. The van der Waals surface area contributed by atoms with Gasteiger partial charge < -0.3 is 34.3 Å². The summed E-state index contributed by atoms with van der Waals surface area (Å²) in [4.78, 5) is 66.8. The fourth-order valence-corrected chi connectivity index (χ4v) is 8.23. The van der Waals surface area contributed by atoms with Gasteiger partial charge in [-0.3, -0.25) is 29.0 Å². The number of hydrogen-bond donors (Lipinski definition) is 2. The van der Waals surface area contributed by atoms with Crippen molar-refractivity contribution in [3.63, 3.8) is 0 Å². The number of likely N-dealkylation sites (N-methyl/N-ethyl adjacent to an activating group) is 2. The number of oxazole rings is 1. The molecule has 2 saturated heterocycles. The standard InChI is InChI=1S/C47H53N7O7/c1-51(2)41(31-13-9-7-10-14-31)46(57)53-28-36(59-5)25-38(53)43(55)49-34-21-17-30(18-22-34)40-27-48-45(61-40)33-19-23-35(24-20-33)50-44(56)39-26-37(60-6)29-54(39)47(58)42(52(3)4)32-15-11-8-12-16-32/h7-24,27,36-39,41-42H,25-26,28-29H2,1-6H3,(H,49,55)(H,50,56)/t36-,37-,38-,39-,41+,42+/m0/s1. The zero-order valence-corrected chi connectivity index (χ0v) is 35.4. The topological polar surface area (TPSA) is 150 Å². The number of likely N-dealkylation sites (tertiary alicyclic amines) is 2. The Balaban J connectivity index is 0.979. The van der Waals surface area contributed by atoms with Crippen molar-refractivity contribution in [3.05, 3.63) is 127 Å². The van der Waals surface area contributed by atoms with E-state index >= 15 is 0 Å². The van der Waals surface area contributed by atoms with Crippen LogP contribution < -0.4 is 10.6 Å². The van der Waals surface area contributed by atoms with E-state index in [-0.39, 0.29) is 35.8 Å². The number of hydrogen-bond acceptors (Lipinski definition) is 10. The number of methoxy groups -OCH3 is 2.